The molecule has 1 fully saturated rings. The van der Waals surface area contributed by atoms with Crippen molar-refractivity contribution < 1.29 is 9.59 Å². The maximum absolute atomic E-state index is 11.6. The Morgan fingerprint density at radius 2 is 2.06 bits per heavy atom. The summed E-state index contributed by atoms with van der Waals surface area (Å²) in [6.45, 7) is 3.52. The van der Waals surface area contributed by atoms with E-state index in [0.29, 0.717) is 6.42 Å². The highest BCUT2D eigenvalue weighted by Gasteiger charge is 2.31. The number of piperazine rings is 1. The second kappa shape index (κ2) is 3.96. The summed E-state index contributed by atoms with van der Waals surface area (Å²) in [6, 6.07) is 0.896. The highest BCUT2D eigenvalue weighted by atomic mass is 16.2. The number of carbonyl (C=O) groups is 2. The van der Waals surface area contributed by atoms with Crippen molar-refractivity contribution in [2.75, 3.05) is 0 Å². The zero-order valence-corrected chi connectivity index (χ0v) is 9.20. The van der Waals surface area contributed by atoms with E-state index >= 15 is 0 Å². The van der Waals surface area contributed by atoms with Gasteiger partial charge in [-0.15, -0.1) is 0 Å². The van der Waals surface area contributed by atoms with E-state index in [1.807, 2.05) is 13.0 Å². The van der Waals surface area contributed by atoms with E-state index in [0.717, 1.165) is 11.4 Å². The van der Waals surface area contributed by atoms with Crippen LogP contribution in [0.5, 0.6) is 0 Å². The normalized spacial score (nSPS) is 25.1. The van der Waals surface area contributed by atoms with Crippen molar-refractivity contribution in [3.8, 4) is 0 Å². The number of amides is 2. The van der Waals surface area contributed by atoms with Crippen molar-refractivity contribution in [2.45, 2.75) is 32.4 Å². The van der Waals surface area contributed by atoms with Gasteiger partial charge >= 0.3 is 0 Å². The van der Waals surface area contributed by atoms with Gasteiger partial charge in [0, 0.05) is 12.1 Å². The summed E-state index contributed by atoms with van der Waals surface area (Å²) in [6.07, 6.45) is 0.436. The van der Waals surface area contributed by atoms with Gasteiger partial charge in [-0.3, -0.25) is 14.7 Å². The third kappa shape index (κ3) is 2.05. The average Bonchev–Trinajstić information content (AvgIpc) is 2.60. The van der Waals surface area contributed by atoms with E-state index in [4.69, 9.17) is 0 Å². The molecular weight excluding hydrogens is 208 g/mol. The van der Waals surface area contributed by atoms with E-state index in [2.05, 4.69) is 20.8 Å². The van der Waals surface area contributed by atoms with Crippen LogP contribution >= 0.6 is 0 Å². The lowest BCUT2D eigenvalue weighted by Crippen LogP contribution is -2.61. The molecule has 86 valence electrons. The van der Waals surface area contributed by atoms with Crippen molar-refractivity contribution >= 4 is 11.8 Å². The monoisotopic (exact) mass is 222 g/mol. The molecule has 2 atom stereocenters. The van der Waals surface area contributed by atoms with Crippen molar-refractivity contribution in [3.05, 3.63) is 17.5 Å². The Morgan fingerprint density at radius 3 is 2.69 bits per heavy atom. The number of H-pyrrole nitrogens is 1. The molecule has 0 radical (unpaired) electrons. The van der Waals surface area contributed by atoms with Crippen molar-refractivity contribution in [1.82, 2.24) is 20.8 Å². The molecule has 2 heterocycles. The van der Waals surface area contributed by atoms with Gasteiger partial charge in [-0.25, -0.2) is 0 Å². The van der Waals surface area contributed by atoms with Gasteiger partial charge in [0.05, 0.1) is 5.69 Å². The minimum absolute atomic E-state index is 0.152. The quantitative estimate of drug-likeness (QED) is 0.616. The lowest BCUT2D eigenvalue weighted by molar-refractivity contribution is -0.136. The van der Waals surface area contributed by atoms with E-state index in [-0.39, 0.29) is 11.8 Å². The fraction of sp³-hybridized carbons (Fsp3) is 0.500. The number of hydrogen-bond acceptors (Lipinski definition) is 3. The van der Waals surface area contributed by atoms with Gasteiger partial charge in [0.2, 0.25) is 11.8 Å². The Bertz CT molecular complexity index is 426. The summed E-state index contributed by atoms with van der Waals surface area (Å²) in [7, 11) is 0. The summed E-state index contributed by atoms with van der Waals surface area (Å²) in [5.74, 6) is -0.305. The minimum Gasteiger partial charge on any atom is -0.343 e. The van der Waals surface area contributed by atoms with Crippen LogP contribution in [0.25, 0.3) is 0 Å². The van der Waals surface area contributed by atoms with Crippen LogP contribution in [-0.2, 0) is 16.0 Å². The first-order valence-electron chi connectivity index (χ1n) is 5.18. The van der Waals surface area contributed by atoms with Crippen LogP contribution in [0, 0.1) is 6.92 Å². The van der Waals surface area contributed by atoms with Crippen LogP contribution in [-0.4, -0.2) is 34.1 Å². The number of aryl methyl sites for hydroxylation is 1. The molecule has 0 unspecified atom stereocenters. The molecule has 0 saturated carbocycles. The van der Waals surface area contributed by atoms with Crippen LogP contribution in [0.4, 0.5) is 0 Å². The highest BCUT2D eigenvalue weighted by molar-refractivity contribution is 5.96. The molecule has 1 aliphatic heterocycles. The number of nitrogens with zero attached hydrogens (tertiary/aromatic N) is 1. The molecule has 1 aliphatic rings. The van der Waals surface area contributed by atoms with Crippen molar-refractivity contribution in [3.63, 3.8) is 0 Å². The van der Waals surface area contributed by atoms with Gasteiger partial charge in [-0.1, -0.05) is 0 Å². The molecule has 2 rings (SSSR count). The Morgan fingerprint density at radius 1 is 1.31 bits per heavy atom. The molecular formula is C10H14N4O2. The molecule has 6 nitrogen and oxygen atoms in total. The fourth-order valence-corrected chi connectivity index (χ4v) is 1.69. The van der Waals surface area contributed by atoms with Gasteiger partial charge in [0.25, 0.3) is 0 Å². The van der Waals surface area contributed by atoms with E-state index in [1.165, 1.54) is 0 Å². The predicted molar refractivity (Wildman–Crippen MR) is 56.6 cm³/mol. The SMILES string of the molecule is Cc1cc(C[C@@H]2NC(=O)[C@@H](C)NC2=O)[nH]n1. The minimum atomic E-state index is -0.511. The number of aromatic amines is 1. The van der Waals surface area contributed by atoms with Crippen LogP contribution in [0.3, 0.4) is 0 Å². The van der Waals surface area contributed by atoms with Gasteiger partial charge in [0.15, 0.2) is 0 Å². The lowest BCUT2D eigenvalue weighted by Gasteiger charge is -2.27. The third-order valence-corrected chi connectivity index (χ3v) is 2.57. The average molecular weight is 222 g/mol. The van der Waals surface area contributed by atoms with Crippen molar-refractivity contribution in [2.24, 2.45) is 0 Å². The molecule has 0 spiro atoms. The molecule has 1 aromatic rings. The maximum Gasteiger partial charge on any atom is 0.243 e. The predicted octanol–water partition coefficient (Wildman–Crippen LogP) is -0.736. The highest BCUT2D eigenvalue weighted by Crippen LogP contribution is 2.05. The molecule has 0 aromatic carbocycles. The summed E-state index contributed by atoms with van der Waals surface area (Å²) >= 11 is 0. The standard InChI is InChI=1S/C10H14N4O2/c1-5-3-7(14-13-5)4-8-10(16)11-6(2)9(15)12-8/h3,6,8H,4H2,1-2H3,(H,11,16)(H,12,15)(H,13,14)/t6-,8+/m1/s1. The third-order valence-electron chi connectivity index (χ3n) is 2.57. The first-order chi connectivity index (χ1) is 7.56. The number of hydrogen-bond donors (Lipinski definition) is 3. The Kier molecular flexibility index (Phi) is 2.64. The summed E-state index contributed by atoms with van der Waals surface area (Å²) < 4.78 is 0. The van der Waals surface area contributed by atoms with E-state index in [9.17, 15) is 9.59 Å². The number of aromatic nitrogens is 2. The molecule has 0 bridgehead atoms. The van der Waals surface area contributed by atoms with E-state index in [1.54, 1.807) is 6.92 Å². The second-order valence-corrected chi connectivity index (χ2v) is 4.03. The van der Waals surface area contributed by atoms with Crippen LogP contribution in [0.15, 0.2) is 6.07 Å². The fourth-order valence-electron chi connectivity index (χ4n) is 1.69. The van der Waals surface area contributed by atoms with Gasteiger partial charge in [0.1, 0.15) is 12.1 Å². The van der Waals surface area contributed by atoms with Crippen LogP contribution < -0.4 is 10.6 Å². The van der Waals surface area contributed by atoms with Gasteiger partial charge in [-0.2, -0.15) is 5.10 Å². The van der Waals surface area contributed by atoms with Crippen molar-refractivity contribution in [1.29, 1.82) is 0 Å². The van der Waals surface area contributed by atoms with Crippen LogP contribution in [0.2, 0.25) is 0 Å². The Balaban J connectivity index is 2.05. The Hall–Kier alpha value is -1.85. The molecule has 16 heavy (non-hydrogen) atoms. The smallest absolute Gasteiger partial charge is 0.243 e. The topological polar surface area (TPSA) is 86.9 Å². The summed E-state index contributed by atoms with van der Waals surface area (Å²) in [5, 5.41) is 12.1. The largest absolute Gasteiger partial charge is 0.343 e. The number of carbonyl (C=O) groups excluding carboxylic acids is 2. The summed E-state index contributed by atoms with van der Waals surface area (Å²) in [4.78, 5) is 23.0. The molecule has 1 aromatic heterocycles. The number of nitrogens with one attached hydrogen (secondary N) is 3. The maximum atomic E-state index is 11.6. The lowest BCUT2D eigenvalue weighted by atomic mass is 10.1. The zero-order chi connectivity index (χ0) is 11.7. The van der Waals surface area contributed by atoms with Gasteiger partial charge in [-0.05, 0) is 19.9 Å². The van der Waals surface area contributed by atoms with E-state index < -0.39 is 12.1 Å². The summed E-state index contributed by atoms with van der Waals surface area (Å²) in [5.41, 5.74) is 1.71. The first kappa shape index (κ1) is 10.7. The second-order valence-electron chi connectivity index (χ2n) is 4.03. The zero-order valence-electron chi connectivity index (χ0n) is 9.20. The molecule has 2 amide bonds. The Labute approximate surface area is 92.8 Å². The molecule has 0 aliphatic carbocycles. The number of rotatable bonds is 2. The molecule has 6 heteroatoms. The van der Waals surface area contributed by atoms with Crippen LogP contribution in [0.1, 0.15) is 18.3 Å². The molecule has 1 saturated heterocycles. The van der Waals surface area contributed by atoms with Gasteiger partial charge < -0.3 is 10.6 Å². The first-order valence-corrected chi connectivity index (χ1v) is 5.18. The molecule has 3 N–H and O–H groups in total.